The molecule has 0 saturated heterocycles. The molecule has 0 unspecified atom stereocenters. The standard InChI is InChI=1S/C9H11NOS/c1-7(5-8(2)11)10-9-3-4-12-6-9/h3-4,6H,5H2,1-2H3/b10-7+. The highest BCUT2D eigenvalue weighted by Gasteiger charge is 1.97. The molecule has 1 heterocycles. The zero-order valence-corrected chi connectivity index (χ0v) is 8.02. The van der Waals surface area contributed by atoms with Gasteiger partial charge >= 0.3 is 0 Å². The first kappa shape index (κ1) is 9.13. The van der Waals surface area contributed by atoms with Crippen LogP contribution in [0.15, 0.2) is 21.8 Å². The van der Waals surface area contributed by atoms with Gasteiger partial charge in [0.2, 0.25) is 0 Å². The molecule has 3 heteroatoms. The zero-order valence-electron chi connectivity index (χ0n) is 7.20. The molecule has 0 aromatic carbocycles. The van der Waals surface area contributed by atoms with Crippen LogP contribution in [-0.2, 0) is 4.79 Å². The number of Topliss-reactive ketones (excluding diaryl/α,β-unsaturated/α-hetero) is 1. The van der Waals surface area contributed by atoms with Crippen molar-refractivity contribution < 1.29 is 4.79 Å². The largest absolute Gasteiger partial charge is 0.300 e. The number of hydrogen-bond acceptors (Lipinski definition) is 3. The topological polar surface area (TPSA) is 29.4 Å². The number of carbonyl (C=O) groups excluding carboxylic acids is 1. The average Bonchev–Trinajstić information content (AvgIpc) is 2.37. The molecule has 12 heavy (non-hydrogen) atoms. The van der Waals surface area contributed by atoms with Gasteiger partial charge in [-0.2, -0.15) is 11.3 Å². The maximum atomic E-state index is 10.7. The van der Waals surface area contributed by atoms with Crippen molar-refractivity contribution >= 4 is 28.5 Å². The lowest BCUT2D eigenvalue weighted by molar-refractivity contribution is -0.115. The number of nitrogens with zero attached hydrogens (tertiary/aromatic N) is 1. The van der Waals surface area contributed by atoms with Crippen molar-refractivity contribution in [3.8, 4) is 0 Å². The molecule has 0 aliphatic heterocycles. The Hall–Kier alpha value is -0.960. The molecule has 2 nitrogen and oxygen atoms in total. The highest BCUT2D eigenvalue weighted by Crippen LogP contribution is 2.16. The molecule has 1 aromatic rings. The lowest BCUT2D eigenvalue weighted by Gasteiger charge is -1.93. The van der Waals surface area contributed by atoms with E-state index in [0.29, 0.717) is 6.42 Å². The zero-order chi connectivity index (χ0) is 8.97. The minimum absolute atomic E-state index is 0.159. The molecule has 0 spiro atoms. The summed E-state index contributed by atoms with van der Waals surface area (Å²) in [6.07, 6.45) is 0.454. The van der Waals surface area contributed by atoms with E-state index in [1.165, 1.54) is 0 Å². The molecule has 0 aliphatic rings. The quantitative estimate of drug-likeness (QED) is 0.659. The summed E-state index contributed by atoms with van der Waals surface area (Å²) in [4.78, 5) is 15.0. The van der Waals surface area contributed by atoms with E-state index in [4.69, 9.17) is 0 Å². The van der Waals surface area contributed by atoms with Gasteiger partial charge in [-0.3, -0.25) is 9.79 Å². The number of aliphatic imine (C=N–C) groups is 1. The van der Waals surface area contributed by atoms with Crippen LogP contribution in [0, 0.1) is 0 Å². The number of ketones is 1. The van der Waals surface area contributed by atoms with Crippen LogP contribution in [0.3, 0.4) is 0 Å². The lowest BCUT2D eigenvalue weighted by atomic mass is 10.2. The Kier molecular flexibility index (Phi) is 3.17. The molecule has 0 saturated carbocycles. The molecular weight excluding hydrogens is 170 g/mol. The van der Waals surface area contributed by atoms with Crippen molar-refractivity contribution in [2.45, 2.75) is 20.3 Å². The third-order valence-corrected chi connectivity index (χ3v) is 2.00. The highest BCUT2D eigenvalue weighted by molar-refractivity contribution is 7.08. The maximum Gasteiger partial charge on any atom is 0.135 e. The van der Waals surface area contributed by atoms with E-state index in [0.717, 1.165) is 11.4 Å². The van der Waals surface area contributed by atoms with E-state index in [-0.39, 0.29) is 5.78 Å². The minimum Gasteiger partial charge on any atom is -0.300 e. The van der Waals surface area contributed by atoms with Gasteiger partial charge in [-0.25, -0.2) is 0 Å². The van der Waals surface area contributed by atoms with Crippen LogP contribution in [0.2, 0.25) is 0 Å². The summed E-state index contributed by atoms with van der Waals surface area (Å²) in [6, 6.07) is 1.94. The fraction of sp³-hybridized carbons (Fsp3) is 0.333. The van der Waals surface area contributed by atoms with E-state index >= 15 is 0 Å². The molecule has 0 aliphatic carbocycles. The normalized spacial score (nSPS) is 11.7. The third kappa shape index (κ3) is 2.96. The van der Waals surface area contributed by atoms with Gasteiger partial charge in [0.1, 0.15) is 5.78 Å². The van der Waals surface area contributed by atoms with Crippen LogP contribution < -0.4 is 0 Å². The predicted octanol–water partition coefficient (Wildman–Crippen LogP) is 2.82. The highest BCUT2D eigenvalue weighted by atomic mass is 32.1. The van der Waals surface area contributed by atoms with Gasteiger partial charge in [-0.05, 0) is 25.3 Å². The molecule has 64 valence electrons. The SMILES string of the molecule is CC(=O)C/C(C)=N/c1ccsc1. The van der Waals surface area contributed by atoms with Crippen LogP contribution in [0.25, 0.3) is 0 Å². The smallest absolute Gasteiger partial charge is 0.135 e. The first-order valence-electron chi connectivity index (χ1n) is 3.74. The fourth-order valence-corrected chi connectivity index (χ4v) is 1.51. The van der Waals surface area contributed by atoms with Gasteiger partial charge < -0.3 is 0 Å². The molecule has 0 N–H and O–H groups in total. The number of thiophene rings is 1. The third-order valence-electron chi connectivity index (χ3n) is 1.33. The molecule has 1 aromatic heterocycles. The van der Waals surface area contributed by atoms with E-state index in [1.807, 2.05) is 23.8 Å². The summed E-state index contributed by atoms with van der Waals surface area (Å²) in [5, 5.41) is 3.93. The summed E-state index contributed by atoms with van der Waals surface area (Å²) in [6.45, 7) is 3.45. The Morgan fingerprint density at radius 2 is 2.33 bits per heavy atom. The summed E-state index contributed by atoms with van der Waals surface area (Å²) in [5.41, 5.74) is 1.82. The summed E-state index contributed by atoms with van der Waals surface area (Å²) < 4.78 is 0. The van der Waals surface area contributed by atoms with Crippen LogP contribution in [0.4, 0.5) is 5.69 Å². The monoisotopic (exact) mass is 181 g/mol. The molecule has 0 atom stereocenters. The van der Waals surface area contributed by atoms with Crippen LogP contribution in [0.5, 0.6) is 0 Å². The van der Waals surface area contributed by atoms with E-state index in [9.17, 15) is 4.79 Å². The van der Waals surface area contributed by atoms with E-state index in [1.54, 1.807) is 18.3 Å². The van der Waals surface area contributed by atoms with Gasteiger partial charge in [0, 0.05) is 17.5 Å². The lowest BCUT2D eigenvalue weighted by Crippen LogP contribution is -1.98. The van der Waals surface area contributed by atoms with Gasteiger partial charge in [0.05, 0.1) is 5.69 Å². The average molecular weight is 181 g/mol. The van der Waals surface area contributed by atoms with Crippen molar-refractivity contribution in [1.82, 2.24) is 0 Å². The first-order chi connectivity index (χ1) is 5.68. The van der Waals surface area contributed by atoms with Crippen molar-refractivity contribution in [2.24, 2.45) is 4.99 Å². The van der Waals surface area contributed by atoms with Crippen molar-refractivity contribution in [3.63, 3.8) is 0 Å². The molecular formula is C9H11NOS. The number of carbonyl (C=O) groups is 1. The second-order valence-electron chi connectivity index (χ2n) is 2.71. The van der Waals surface area contributed by atoms with E-state index in [2.05, 4.69) is 4.99 Å². The summed E-state index contributed by atoms with van der Waals surface area (Å²) >= 11 is 1.61. The number of hydrogen-bond donors (Lipinski definition) is 0. The van der Waals surface area contributed by atoms with Gasteiger partial charge in [0.15, 0.2) is 0 Å². The maximum absolute atomic E-state index is 10.7. The van der Waals surface area contributed by atoms with Crippen LogP contribution in [0.1, 0.15) is 20.3 Å². The van der Waals surface area contributed by atoms with Crippen LogP contribution in [-0.4, -0.2) is 11.5 Å². The molecule has 0 fully saturated rings. The molecule has 1 rings (SSSR count). The Labute approximate surface area is 76.0 Å². The Balaban J connectivity index is 2.63. The molecule has 0 radical (unpaired) electrons. The Morgan fingerprint density at radius 3 is 2.83 bits per heavy atom. The van der Waals surface area contributed by atoms with Crippen LogP contribution >= 0.6 is 11.3 Å². The van der Waals surface area contributed by atoms with Crippen molar-refractivity contribution in [3.05, 3.63) is 16.8 Å². The predicted molar refractivity (Wildman–Crippen MR) is 52.4 cm³/mol. The first-order valence-corrected chi connectivity index (χ1v) is 4.68. The van der Waals surface area contributed by atoms with Crippen molar-refractivity contribution in [1.29, 1.82) is 0 Å². The van der Waals surface area contributed by atoms with Crippen molar-refractivity contribution in [2.75, 3.05) is 0 Å². The second kappa shape index (κ2) is 4.16. The van der Waals surface area contributed by atoms with Gasteiger partial charge in [0.25, 0.3) is 0 Å². The Morgan fingerprint density at radius 1 is 1.58 bits per heavy atom. The minimum atomic E-state index is 0.159. The number of rotatable bonds is 3. The second-order valence-corrected chi connectivity index (χ2v) is 3.49. The van der Waals surface area contributed by atoms with Gasteiger partial charge in [-0.1, -0.05) is 0 Å². The molecule has 0 amide bonds. The van der Waals surface area contributed by atoms with E-state index < -0.39 is 0 Å². The fourth-order valence-electron chi connectivity index (χ4n) is 0.941. The molecule has 0 bridgehead atoms. The summed E-state index contributed by atoms with van der Waals surface area (Å²) in [7, 11) is 0. The van der Waals surface area contributed by atoms with Gasteiger partial charge in [-0.15, -0.1) is 0 Å². The Bertz CT molecular complexity index is 287. The summed E-state index contributed by atoms with van der Waals surface area (Å²) in [5.74, 6) is 0.159.